The Balaban J connectivity index is 1.71. The number of halogens is 1. The summed E-state index contributed by atoms with van der Waals surface area (Å²) in [6, 6.07) is 7.52. The molecule has 2 aliphatic rings. The lowest BCUT2D eigenvalue weighted by atomic mass is 9.87. The molecule has 0 radical (unpaired) electrons. The Kier molecular flexibility index (Phi) is 4.28. The molecule has 2 aromatic rings. The Bertz CT molecular complexity index is 850. The zero-order valence-electron chi connectivity index (χ0n) is 14.8. The minimum atomic E-state index is -0.351. The van der Waals surface area contributed by atoms with Crippen molar-refractivity contribution in [2.24, 2.45) is 0 Å². The van der Waals surface area contributed by atoms with E-state index >= 15 is 0 Å². The summed E-state index contributed by atoms with van der Waals surface area (Å²) >= 11 is 0. The summed E-state index contributed by atoms with van der Waals surface area (Å²) in [7, 11) is 3.60. The van der Waals surface area contributed by atoms with E-state index in [0.717, 1.165) is 24.1 Å². The molecule has 26 heavy (non-hydrogen) atoms. The normalized spacial score (nSPS) is 18.5. The minimum absolute atomic E-state index is 0.0329. The fourth-order valence-corrected chi connectivity index (χ4v) is 3.71. The summed E-state index contributed by atoms with van der Waals surface area (Å²) in [6.07, 6.45) is 1.13. The number of nitrogens with zero attached hydrogens (tertiary/aromatic N) is 1. The summed E-state index contributed by atoms with van der Waals surface area (Å²) in [5.41, 5.74) is 2.59. The van der Waals surface area contributed by atoms with Crippen LogP contribution in [0.2, 0.25) is 0 Å². The van der Waals surface area contributed by atoms with Gasteiger partial charge in [-0.3, -0.25) is 9.69 Å². The van der Waals surface area contributed by atoms with Crippen LogP contribution in [0.25, 0.3) is 0 Å². The predicted octanol–water partition coefficient (Wildman–Crippen LogP) is 3.37. The van der Waals surface area contributed by atoms with Gasteiger partial charge in [0, 0.05) is 30.1 Å². The van der Waals surface area contributed by atoms with Crippen molar-refractivity contribution in [3.63, 3.8) is 0 Å². The SMILES string of the molecule is COc1c2c(cc3c1C(CC(=O)c1ccc(F)cc1)N(C)CC3)OCO2. The molecule has 2 aliphatic heterocycles. The molecule has 0 saturated carbocycles. The number of hydrogen-bond acceptors (Lipinski definition) is 5. The average molecular weight is 357 g/mol. The molecule has 1 unspecified atom stereocenters. The molecule has 136 valence electrons. The molecule has 2 heterocycles. The third-order valence-corrected chi connectivity index (χ3v) is 5.09. The van der Waals surface area contributed by atoms with Crippen molar-refractivity contribution in [3.8, 4) is 17.2 Å². The van der Waals surface area contributed by atoms with Gasteiger partial charge in [-0.15, -0.1) is 0 Å². The third-order valence-electron chi connectivity index (χ3n) is 5.09. The number of carbonyl (C=O) groups excluding carboxylic acids is 1. The predicted molar refractivity (Wildman–Crippen MR) is 93.5 cm³/mol. The molecule has 0 bridgehead atoms. The summed E-state index contributed by atoms with van der Waals surface area (Å²) < 4.78 is 29.9. The zero-order valence-corrected chi connectivity index (χ0v) is 14.8. The van der Waals surface area contributed by atoms with Gasteiger partial charge in [-0.25, -0.2) is 4.39 Å². The Morgan fingerprint density at radius 1 is 1.31 bits per heavy atom. The maximum absolute atomic E-state index is 13.1. The fourth-order valence-electron chi connectivity index (χ4n) is 3.71. The van der Waals surface area contributed by atoms with Gasteiger partial charge in [-0.1, -0.05) is 0 Å². The van der Waals surface area contributed by atoms with E-state index in [2.05, 4.69) is 4.90 Å². The Labute approximate surface area is 151 Å². The third kappa shape index (κ3) is 2.80. The van der Waals surface area contributed by atoms with Gasteiger partial charge in [0.15, 0.2) is 17.3 Å². The van der Waals surface area contributed by atoms with Gasteiger partial charge in [0.2, 0.25) is 12.5 Å². The van der Waals surface area contributed by atoms with Crippen molar-refractivity contribution in [2.45, 2.75) is 18.9 Å². The van der Waals surface area contributed by atoms with Gasteiger partial charge in [-0.2, -0.15) is 0 Å². The molecule has 5 nitrogen and oxygen atoms in total. The fraction of sp³-hybridized carbons (Fsp3) is 0.350. The lowest BCUT2D eigenvalue weighted by molar-refractivity contribution is 0.0925. The second kappa shape index (κ2) is 6.61. The Hall–Kier alpha value is -2.60. The molecule has 0 saturated heterocycles. The van der Waals surface area contributed by atoms with Crippen LogP contribution in [0.15, 0.2) is 30.3 Å². The van der Waals surface area contributed by atoms with Gasteiger partial charge >= 0.3 is 0 Å². The van der Waals surface area contributed by atoms with Crippen molar-refractivity contribution in [1.82, 2.24) is 4.90 Å². The van der Waals surface area contributed by atoms with E-state index in [1.807, 2.05) is 13.1 Å². The number of fused-ring (bicyclic) bond motifs is 2. The number of ether oxygens (including phenoxy) is 3. The highest BCUT2D eigenvalue weighted by Crippen LogP contribution is 2.50. The van der Waals surface area contributed by atoms with E-state index in [9.17, 15) is 9.18 Å². The van der Waals surface area contributed by atoms with Crippen molar-refractivity contribution >= 4 is 5.78 Å². The highest BCUT2D eigenvalue weighted by atomic mass is 19.1. The molecule has 0 spiro atoms. The van der Waals surface area contributed by atoms with Crippen LogP contribution in [0, 0.1) is 5.82 Å². The van der Waals surface area contributed by atoms with Crippen LogP contribution in [0.3, 0.4) is 0 Å². The number of hydrogen-bond donors (Lipinski definition) is 0. The van der Waals surface area contributed by atoms with E-state index < -0.39 is 0 Å². The van der Waals surface area contributed by atoms with Crippen LogP contribution in [0.5, 0.6) is 17.2 Å². The molecular formula is C20H20FNO4. The van der Waals surface area contributed by atoms with E-state index in [4.69, 9.17) is 14.2 Å². The second-order valence-electron chi connectivity index (χ2n) is 6.60. The molecule has 0 amide bonds. The number of Topliss-reactive ketones (excluding diaryl/α,β-unsaturated/α-hetero) is 1. The van der Waals surface area contributed by atoms with Crippen LogP contribution >= 0.6 is 0 Å². The lowest BCUT2D eigenvalue weighted by Gasteiger charge is -2.35. The minimum Gasteiger partial charge on any atom is -0.492 e. The molecule has 0 aliphatic carbocycles. The summed E-state index contributed by atoms with van der Waals surface area (Å²) in [6.45, 7) is 1.00. The molecule has 0 aromatic heterocycles. The van der Waals surface area contributed by atoms with Crippen molar-refractivity contribution in [1.29, 1.82) is 0 Å². The van der Waals surface area contributed by atoms with Gasteiger partial charge in [0.05, 0.1) is 7.11 Å². The average Bonchev–Trinajstić information content (AvgIpc) is 3.11. The van der Waals surface area contributed by atoms with Crippen LogP contribution in [-0.4, -0.2) is 38.2 Å². The highest BCUT2D eigenvalue weighted by molar-refractivity contribution is 5.96. The van der Waals surface area contributed by atoms with E-state index in [0.29, 0.717) is 22.8 Å². The zero-order chi connectivity index (χ0) is 18.3. The smallest absolute Gasteiger partial charge is 0.231 e. The van der Waals surface area contributed by atoms with Gasteiger partial charge < -0.3 is 14.2 Å². The maximum Gasteiger partial charge on any atom is 0.231 e. The second-order valence-corrected chi connectivity index (χ2v) is 6.60. The van der Waals surface area contributed by atoms with Crippen LogP contribution in [0.4, 0.5) is 4.39 Å². The first-order valence-electron chi connectivity index (χ1n) is 8.57. The standard InChI is InChI=1S/C20H20FNO4/c1-22-8-7-13-9-17-19(26-11-25-17)20(24-2)18(13)15(22)10-16(23)12-3-5-14(21)6-4-12/h3-6,9,15H,7-8,10-11H2,1-2H3. The van der Waals surface area contributed by atoms with Crippen LogP contribution in [-0.2, 0) is 6.42 Å². The first-order chi connectivity index (χ1) is 12.6. The largest absolute Gasteiger partial charge is 0.492 e. The number of benzene rings is 2. The van der Waals surface area contributed by atoms with Crippen molar-refractivity contribution < 1.29 is 23.4 Å². The van der Waals surface area contributed by atoms with Crippen LogP contribution in [0.1, 0.15) is 33.9 Å². The first-order valence-corrected chi connectivity index (χ1v) is 8.57. The van der Waals surface area contributed by atoms with E-state index in [-0.39, 0.29) is 30.9 Å². The monoisotopic (exact) mass is 357 g/mol. The Morgan fingerprint density at radius 2 is 2.08 bits per heavy atom. The van der Waals surface area contributed by atoms with Crippen molar-refractivity contribution in [3.05, 3.63) is 52.8 Å². The first kappa shape index (κ1) is 16.8. The Morgan fingerprint density at radius 3 is 2.81 bits per heavy atom. The highest BCUT2D eigenvalue weighted by Gasteiger charge is 2.35. The number of ketones is 1. The summed E-state index contributed by atoms with van der Waals surface area (Å²) in [5, 5.41) is 0. The van der Waals surface area contributed by atoms with Crippen LogP contribution < -0.4 is 14.2 Å². The molecule has 0 fully saturated rings. The number of rotatable bonds is 4. The molecular weight excluding hydrogens is 337 g/mol. The van der Waals surface area contributed by atoms with Gasteiger partial charge in [0.1, 0.15) is 5.82 Å². The van der Waals surface area contributed by atoms with Crippen molar-refractivity contribution in [2.75, 3.05) is 27.5 Å². The lowest BCUT2D eigenvalue weighted by Crippen LogP contribution is -2.34. The van der Waals surface area contributed by atoms with Gasteiger partial charge in [-0.05, 0) is 49.4 Å². The molecule has 4 rings (SSSR count). The van der Waals surface area contributed by atoms with E-state index in [1.165, 1.54) is 24.3 Å². The number of carbonyl (C=O) groups is 1. The van der Waals surface area contributed by atoms with Gasteiger partial charge in [0.25, 0.3) is 0 Å². The number of likely N-dealkylation sites (N-methyl/N-ethyl adjacent to an activating group) is 1. The topological polar surface area (TPSA) is 48.0 Å². The molecule has 1 atom stereocenters. The quantitative estimate of drug-likeness (QED) is 0.786. The summed E-state index contributed by atoms with van der Waals surface area (Å²) in [4.78, 5) is 14.9. The molecule has 2 aromatic carbocycles. The maximum atomic E-state index is 13.1. The number of methoxy groups -OCH3 is 1. The molecule has 0 N–H and O–H groups in total. The molecule has 6 heteroatoms. The van der Waals surface area contributed by atoms with E-state index in [1.54, 1.807) is 7.11 Å². The summed E-state index contributed by atoms with van der Waals surface area (Å²) in [5.74, 6) is 1.54.